The summed E-state index contributed by atoms with van der Waals surface area (Å²) >= 11 is 0. The number of hydrogen-bond donors (Lipinski definition) is 7. The molecule has 1 aromatic heterocycles. The van der Waals surface area contributed by atoms with Crippen LogP contribution in [0.5, 0.6) is 0 Å². The van der Waals surface area contributed by atoms with Gasteiger partial charge < -0.3 is 36.9 Å². The molecule has 0 aromatic carbocycles. The predicted molar refractivity (Wildman–Crippen MR) is 111 cm³/mol. The zero-order chi connectivity index (χ0) is 24.4. The first kappa shape index (κ1) is 26.6. The molecule has 8 N–H and O–H groups in total. The van der Waals surface area contributed by atoms with Crippen LogP contribution in [0.1, 0.15) is 39.3 Å². The molecule has 0 saturated heterocycles. The van der Waals surface area contributed by atoms with Crippen LogP contribution in [0.2, 0.25) is 0 Å². The van der Waals surface area contributed by atoms with Gasteiger partial charge in [-0.2, -0.15) is 0 Å². The van der Waals surface area contributed by atoms with E-state index in [9.17, 15) is 24.0 Å². The van der Waals surface area contributed by atoms with Gasteiger partial charge in [-0.3, -0.25) is 24.0 Å². The highest BCUT2D eigenvalue weighted by Gasteiger charge is 2.30. The monoisotopic (exact) mass is 454 g/mol. The number of carboxylic acids is 2. The van der Waals surface area contributed by atoms with Gasteiger partial charge in [0.25, 0.3) is 0 Å². The van der Waals surface area contributed by atoms with Crippen molar-refractivity contribution in [2.75, 3.05) is 0 Å². The van der Waals surface area contributed by atoms with Gasteiger partial charge in [-0.25, -0.2) is 4.98 Å². The number of imidazole rings is 1. The minimum absolute atomic E-state index is 0.0466. The summed E-state index contributed by atoms with van der Waals surface area (Å²) in [6.07, 6.45) is 2.10. The molecule has 0 saturated carbocycles. The Morgan fingerprint density at radius 1 is 1.00 bits per heavy atom. The van der Waals surface area contributed by atoms with Gasteiger partial charge in [0.2, 0.25) is 17.7 Å². The first-order valence-electron chi connectivity index (χ1n) is 10.0. The van der Waals surface area contributed by atoms with Crippen LogP contribution in [0.15, 0.2) is 12.5 Å². The molecule has 0 radical (unpaired) electrons. The number of H-pyrrole nitrogens is 1. The van der Waals surface area contributed by atoms with E-state index in [1.54, 1.807) is 13.8 Å². The number of amides is 3. The summed E-state index contributed by atoms with van der Waals surface area (Å²) in [6.45, 7) is 4.69. The summed E-state index contributed by atoms with van der Waals surface area (Å²) in [5, 5.41) is 25.2. The number of nitrogens with two attached hydrogens (primary N) is 1. The van der Waals surface area contributed by atoms with Crippen LogP contribution in [-0.2, 0) is 30.4 Å². The average molecular weight is 454 g/mol. The van der Waals surface area contributed by atoms with Gasteiger partial charge in [-0.15, -0.1) is 0 Å². The lowest BCUT2D eigenvalue weighted by atomic mass is 10.0. The van der Waals surface area contributed by atoms with E-state index < -0.39 is 60.2 Å². The van der Waals surface area contributed by atoms with E-state index in [-0.39, 0.29) is 18.8 Å². The Kier molecular flexibility index (Phi) is 10.3. The molecule has 1 rings (SSSR count). The highest BCUT2D eigenvalue weighted by atomic mass is 16.4. The Hall–Kier alpha value is -3.48. The van der Waals surface area contributed by atoms with Gasteiger partial charge in [0.05, 0.1) is 12.4 Å². The molecule has 0 spiro atoms. The smallest absolute Gasteiger partial charge is 0.325 e. The summed E-state index contributed by atoms with van der Waals surface area (Å²) in [6, 6.07) is -4.61. The van der Waals surface area contributed by atoms with Crippen molar-refractivity contribution in [2.45, 2.75) is 64.2 Å². The first-order valence-corrected chi connectivity index (χ1v) is 10.0. The van der Waals surface area contributed by atoms with Gasteiger partial charge in [-0.1, -0.05) is 13.8 Å². The highest BCUT2D eigenvalue weighted by Crippen LogP contribution is 2.05. The largest absolute Gasteiger partial charge is 0.481 e. The lowest BCUT2D eigenvalue weighted by Crippen LogP contribution is -2.57. The number of carbonyl (C=O) groups excluding carboxylic acids is 3. The normalized spacial score (nSPS) is 14.7. The zero-order valence-corrected chi connectivity index (χ0v) is 18.1. The number of rotatable bonds is 13. The maximum absolute atomic E-state index is 12.9. The molecule has 0 fully saturated rings. The van der Waals surface area contributed by atoms with Crippen LogP contribution in [0.4, 0.5) is 0 Å². The topological polar surface area (TPSA) is 217 Å². The SMILES string of the molecule is CC(NC(=O)C(Cc1cnc[nH]1)NC(=O)C(CCC(=O)O)NC(=O)C(N)C(C)C)C(=O)O. The fourth-order valence-electron chi connectivity index (χ4n) is 2.58. The van der Waals surface area contributed by atoms with Crippen LogP contribution in [0, 0.1) is 5.92 Å². The molecule has 0 bridgehead atoms. The van der Waals surface area contributed by atoms with Crippen molar-refractivity contribution in [3.05, 3.63) is 18.2 Å². The van der Waals surface area contributed by atoms with Crippen molar-refractivity contribution in [1.29, 1.82) is 0 Å². The summed E-state index contributed by atoms with van der Waals surface area (Å²) in [4.78, 5) is 66.4. The third-order valence-electron chi connectivity index (χ3n) is 4.64. The summed E-state index contributed by atoms with van der Waals surface area (Å²) in [7, 11) is 0. The van der Waals surface area contributed by atoms with E-state index in [4.69, 9.17) is 15.9 Å². The fraction of sp³-hybridized carbons (Fsp3) is 0.579. The molecule has 4 atom stereocenters. The van der Waals surface area contributed by atoms with E-state index in [0.29, 0.717) is 5.69 Å². The fourth-order valence-corrected chi connectivity index (χ4v) is 2.58. The second kappa shape index (κ2) is 12.4. The quantitative estimate of drug-likeness (QED) is 0.181. The van der Waals surface area contributed by atoms with E-state index in [1.165, 1.54) is 19.4 Å². The Morgan fingerprint density at radius 2 is 1.59 bits per heavy atom. The number of aromatic nitrogens is 2. The molecular weight excluding hydrogens is 424 g/mol. The molecule has 13 nitrogen and oxygen atoms in total. The molecule has 3 amide bonds. The maximum atomic E-state index is 12.9. The highest BCUT2D eigenvalue weighted by molar-refractivity contribution is 5.94. The molecule has 0 aliphatic rings. The van der Waals surface area contributed by atoms with Gasteiger partial charge in [0.1, 0.15) is 18.1 Å². The van der Waals surface area contributed by atoms with Crippen molar-refractivity contribution in [1.82, 2.24) is 25.9 Å². The van der Waals surface area contributed by atoms with Crippen LogP contribution in [0.3, 0.4) is 0 Å². The van der Waals surface area contributed by atoms with Gasteiger partial charge in [-0.05, 0) is 19.3 Å². The standard InChI is InChI=1S/C19H30N6O7/c1-9(2)15(20)18(30)24-12(4-5-14(26)27)16(28)25-13(6-11-7-21-8-22-11)17(29)23-10(3)19(31)32/h7-10,12-13,15H,4-6,20H2,1-3H3,(H,21,22)(H,23,29)(H,24,30)(H,25,28)(H,26,27)(H,31,32). The average Bonchev–Trinajstić information content (AvgIpc) is 3.22. The Morgan fingerprint density at radius 3 is 2.09 bits per heavy atom. The summed E-state index contributed by atoms with van der Waals surface area (Å²) in [5.74, 6) is -4.89. The number of hydrogen-bond acceptors (Lipinski definition) is 7. The molecule has 1 heterocycles. The minimum atomic E-state index is -1.27. The Balaban J connectivity index is 3.02. The summed E-state index contributed by atoms with van der Waals surface area (Å²) < 4.78 is 0. The van der Waals surface area contributed by atoms with Crippen molar-refractivity contribution in [2.24, 2.45) is 11.7 Å². The van der Waals surface area contributed by atoms with Crippen LogP contribution in [-0.4, -0.2) is 74.0 Å². The molecule has 1 aromatic rings. The third-order valence-corrected chi connectivity index (χ3v) is 4.64. The molecule has 0 aliphatic carbocycles. The molecule has 13 heteroatoms. The Labute approximate surface area is 184 Å². The predicted octanol–water partition coefficient (Wildman–Crippen LogP) is -1.64. The van der Waals surface area contributed by atoms with E-state index in [1.807, 2.05) is 0 Å². The lowest BCUT2D eigenvalue weighted by Gasteiger charge is -2.25. The zero-order valence-electron chi connectivity index (χ0n) is 18.1. The van der Waals surface area contributed by atoms with Crippen molar-refractivity contribution < 1.29 is 34.2 Å². The van der Waals surface area contributed by atoms with Crippen LogP contribution >= 0.6 is 0 Å². The van der Waals surface area contributed by atoms with Gasteiger partial charge in [0.15, 0.2) is 0 Å². The summed E-state index contributed by atoms with van der Waals surface area (Å²) in [5.41, 5.74) is 6.28. The van der Waals surface area contributed by atoms with Crippen molar-refractivity contribution in [3.8, 4) is 0 Å². The number of nitrogens with one attached hydrogen (secondary N) is 4. The second-order valence-corrected chi connectivity index (χ2v) is 7.67. The van der Waals surface area contributed by atoms with Gasteiger partial charge >= 0.3 is 11.9 Å². The van der Waals surface area contributed by atoms with E-state index in [0.717, 1.165) is 0 Å². The number of aliphatic carboxylic acids is 2. The third kappa shape index (κ3) is 8.71. The molecule has 4 unspecified atom stereocenters. The maximum Gasteiger partial charge on any atom is 0.325 e. The number of carbonyl (C=O) groups is 5. The minimum Gasteiger partial charge on any atom is -0.481 e. The number of nitrogens with zero attached hydrogens (tertiary/aromatic N) is 1. The van der Waals surface area contributed by atoms with Crippen molar-refractivity contribution >= 4 is 29.7 Å². The van der Waals surface area contributed by atoms with Crippen molar-refractivity contribution in [3.63, 3.8) is 0 Å². The number of carboxylic acid groups (broad SMARTS) is 2. The Bertz CT molecular complexity index is 811. The van der Waals surface area contributed by atoms with Crippen LogP contribution in [0.25, 0.3) is 0 Å². The first-order chi connectivity index (χ1) is 14.9. The second-order valence-electron chi connectivity index (χ2n) is 7.67. The molecular formula is C19H30N6O7. The van der Waals surface area contributed by atoms with E-state index >= 15 is 0 Å². The number of aromatic amines is 1. The van der Waals surface area contributed by atoms with Crippen LogP contribution < -0.4 is 21.7 Å². The lowest BCUT2D eigenvalue weighted by molar-refractivity contribution is -0.141. The van der Waals surface area contributed by atoms with Gasteiger partial charge in [0, 0.05) is 24.7 Å². The molecule has 32 heavy (non-hydrogen) atoms. The van der Waals surface area contributed by atoms with E-state index in [2.05, 4.69) is 25.9 Å². The molecule has 178 valence electrons. The molecule has 0 aliphatic heterocycles.